The molecule has 4 aliphatic heterocycles. The molecule has 6 aromatic carbocycles. The zero-order chi connectivity index (χ0) is 45.6. The van der Waals surface area contributed by atoms with Crippen molar-refractivity contribution in [2.75, 3.05) is 39.3 Å². The fourth-order valence-electron chi connectivity index (χ4n) is 11.9. The average Bonchev–Trinajstić information content (AvgIpc) is 4.24. The van der Waals surface area contributed by atoms with Crippen molar-refractivity contribution in [1.29, 1.82) is 0 Å². The minimum Gasteiger partial charge on any atom is -0.340 e. The van der Waals surface area contributed by atoms with Crippen LogP contribution in [0, 0.1) is 0 Å². The van der Waals surface area contributed by atoms with Crippen LogP contribution in [0.25, 0.3) is 55.1 Å². The number of amides is 2. The van der Waals surface area contributed by atoms with Crippen molar-refractivity contribution in [2.24, 2.45) is 0 Å². The number of hydrogen-bond acceptors (Lipinski definition) is 6. The highest BCUT2D eigenvalue weighted by atomic mass is 16.2. The molecule has 344 valence electrons. The van der Waals surface area contributed by atoms with Crippen LogP contribution < -0.4 is 0 Å². The number of fused-ring (bicyclic) bond motifs is 3. The lowest BCUT2D eigenvalue weighted by molar-refractivity contribution is -0.139. The van der Waals surface area contributed by atoms with Crippen LogP contribution in [0.3, 0.4) is 0 Å². The number of hydrogen-bond donors (Lipinski definition) is 2. The lowest BCUT2D eigenvalue weighted by Gasteiger charge is -2.37. The first-order valence-corrected chi connectivity index (χ1v) is 25.3. The number of aromatic nitrogens is 4. The molecule has 6 heterocycles. The molecule has 0 aliphatic carbocycles. The first-order valence-electron chi connectivity index (χ1n) is 25.3. The third kappa shape index (κ3) is 8.17. The van der Waals surface area contributed by atoms with Crippen LogP contribution in [0.4, 0.5) is 0 Å². The maximum Gasteiger partial charge on any atom is 0.245 e. The normalized spacial score (nSPS) is 20.4. The van der Waals surface area contributed by atoms with E-state index in [0.29, 0.717) is 0 Å². The summed E-state index contributed by atoms with van der Waals surface area (Å²) in [5, 5.41) is 2.35. The van der Waals surface area contributed by atoms with Gasteiger partial charge in [0.15, 0.2) is 0 Å². The van der Waals surface area contributed by atoms with Crippen LogP contribution >= 0.6 is 0 Å². The number of aromatic amines is 2. The topological polar surface area (TPSA) is 104 Å². The summed E-state index contributed by atoms with van der Waals surface area (Å²) in [6.07, 6.45) is 10.7. The molecule has 2 N–H and O–H groups in total. The summed E-state index contributed by atoms with van der Waals surface area (Å²) in [7, 11) is 0. The Balaban J connectivity index is 0.784. The van der Waals surface area contributed by atoms with E-state index >= 15 is 0 Å². The van der Waals surface area contributed by atoms with Crippen molar-refractivity contribution in [3.05, 3.63) is 156 Å². The summed E-state index contributed by atoms with van der Waals surface area (Å²) in [4.78, 5) is 55.7. The van der Waals surface area contributed by atoms with Gasteiger partial charge in [-0.2, -0.15) is 0 Å². The van der Waals surface area contributed by atoms with Crippen LogP contribution in [-0.4, -0.2) is 90.6 Å². The van der Waals surface area contributed by atoms with Gasteiger partial charge in [0.1, 0.15) is 23.7 Å². The van der Waals surface area contributed by atoms with Gasteiger partial charge in [0.2, 0.25) is 11.8 Å². The van der Waals surface area contributed by atoms with Gasteiger partial charge in [0, 0.05) is 13.1 Å². The van der Waals surface area contributed by atoms with Crippen LogP contribution in [0.15, 0.2) is 133 Å². The second-order valence-corrected chi connectivity index (χ2v) is 19.7. The molecule has 4 fully saturated rings. The Morgan fingerprint density at radius 3 is 1.29 bits per heavy atom. The number of piperidine rings is 2. The molecule has 0 radical (unpaired) electrons. The summed E-state index contributed by atoms with van der Waals surface area (Å²) in [6.45, 7) is 5.30. The predicted molar refractivity (Wildman–Crippen MR) is 271 cm³/mol. The number of nitrogens with zero attached hydrogens (tertiary/aromatic N) is 6. The van der Waals surface area contributed by atoms with E-state index in [9.17, 15) is 9.59 Å². The number of carbonyl (C=O) groups excluding carboxylic acids is 2. The van der Waals surface area contributed by atoms with E-state index in [4.69, 9.17) is 9.97 Å². The zero-order valence-corrected chi connectivity index (χ0v) is 38.8. The second kappa shape index (κ2) is 18.5. The van der Waals surface area contributed by atoms with Crippen molar-refractivity contribution in [3.8, 4) is 22.3 Å². The smallest absolute Gasteiger partial charge is 0.245 e. The Bertz CT molecular complexity index is 2890. The van der Waals surface area contributed by atoms with Gasteiger partial charge in [-0.1, -0.05) is 110 Å². The Hall–Kier alpha value is -6.62. The third-order valence-corrected chi connectivity index (χ3v) is 15.4. The van der Waals surface area contributed by atoms with Crippen molar-refractivity contribution in [3.63, 3.8) is 0 Å². The van der Waals surface area contributed by atoms with Crippen LogP contribution in [0.1, 0.15) is 111 Å². The Morgan fingerprint density at radius 2 is 0.853 bits per heavy atom. The van der Waals surface area contributed by atoms with Crippen molar-refractivity contribution in [1.82, 2.24) is 39.5 Å². The summed E-state index contributed by atoms with van der Waals surface area (Å²) in [6, 6.07) is 46.4. The maximum absolute atomic E-state index is 14.6. The Morgan fingerprint density at radius 1 is 0.441 bits per heavy atom. The minimum absolute atomic E-state index is 0.0791. The van der Waals surface area contributed by atoms with E-state index < -0.39 is 0 Å². The van der Waals surface area contributed by atoms with Gasteiger partial charge in [-0.05, 0) is 158 Å². The number of carbonyl (C=O) groups is 2. The van der Waals surface area contributed by atoms with E-state index in [1.807, 2.05) is 12.1 Å². The van der Waals surface area contributed by atoms with Gasteiger partial charge in [0.05, 0.1) is 34.2 Å². The van der Waals surface area contributed by atoms with Gasteiger partial charge in [-0.3, -0.25) is 19.4 Å². The number of rotatable bonds is 10. The monoisotopic (exact) mass is 900 g/mol. The van der Waals surface area contributed by atoms with Gasteiger partial charge in [-0.15, -0.1) is 0 Å². The number of H-pyrrole nitrogens is 2. The lowest BCUT2D eigenvalue weighted by Crippen LogP contribution is -2.44. The largest absolute Gasteiger partial charge is 0.340 e. The number of benzene rings is 6. The number of imidazole rings is 2. The predicted octanol–water partition coefficient (Wildman–Crippen LogP) is 11.7. The molecule has 0 unspecified atom stereocenters. The molecule has 4 saturated heterocycles. The standard InChI is InChI=1S/C58H60N8O2/c67-57(53(40-15-5-1-6-16-40)63-29-9-3-10-30-63)65-33-13-19-51(65)55-59-47-27-25-44(37-49(47)61-55)42-23-21-39-22-24-43(36-46(39)35-42)45-26-28-48-50(38-45)62-56(60-48)52-20-14-34-66(52)58(68)54(41-17-7-2-8-18-41)64-31-11-4-12-32-64/h1-2,5-8,15-18,21-28,35-38,51-54H,3-4,9-14,19-20,29-34H2,(H,59,61)(H,60,62)/t51-,52-,53+,54+/m0/s1. The van der Waals surface area contributed by atoms with Gasteiger partial charge in [-0.25, -0.2) is 9.97 Å². The first-order chi connectivity index (χ1) is 33.5. The molecule has 10 nitrogen and oxygen atoms in total. The van der Waals surface area contributed by atoms with E-state index in [1.165, 1.54) is 23.6 Å². The van der Waals surface area contributed by atoms with E-state index in [-0.39, 0.29) is 36.0 Å². The van der Waals surface area contributed by atoms with Gasteiger partial charge in [0.25, 0.3) is 0 Å². The van der Waals surface area contributed by atoms with Crippen molar-refractivity contribution in [2.45, 2.75) is 88.4 Å². The van der Waals surface area contributed by atoms with E-state index in [1.54, 1.807) is 0 Å². The molecule has 12 rings (SSSR count). The molecule has 4 atom stereocenters. The minimum atomic E-state index is -0.267. The molecular formula is C58H60N8O2. The van der Waals surface area contributed by atoms with Gasteiger partial charge >= 0.3 is 0 Å². The summed E-state index contributed by atoms with van der Waals surface area (Å²) in [5.41, 5.74) is 10.5. The fraction of sp³-hybridized carbons (Fsp3) is 0.345. The van der Waals surface area contributed by atoms with Crippen LogP contribution in [0.2, 0.25) is 0 Å². The molecule has 2 aromatic heterocycles. The SMILES string of the molecule is O=C([C@@H](c1ccccc1)N1CCCCC1)N1CCC[C@H]1c1nc2ccc(-c3ccc4ccc(-c5ccc6nc([C@@H]7CCCN7C(=O)[C@@H](c7ccccc7)N7CCCCC7)[nH]c6c5)cc4c3)cc2[nH]1. The summed E-state index contributed by atoms with van der Waals surface area (Å²) >= 11 is 0. The number of likely N-dealkylation sites (tertiary alicyclic amines) is 4. The molecule has 2 amide bonds. The van der Waals surface area contributed by atoms with Crippen molar-refractivity contribution < 1.29 is 9.59 Å². The molecule has 0 spiro atoms. The van der Waals surface area contributed by atoms with Crippen molar-refractivity contribution >= 4 is 44.7 Å². The first kappa shape index (κ1) is 42.7. The molecule has 4 aliphatic rings. The second-order valence-electron chi connectivity index (χ2n) is 19.7. The maximum atomic E-state index is 14.6. The highest BCUT2D eigenvalue weighted by molar-refractivity contribution is 5.93. The van der Waals surface area contributed by atoms with Crippen LogP contribution in [0.5, 0.6) is 0 Å². The molecule has 10 heteroatoms. The van der Waals surface area contributed by atoms with E-state index in [0.717, 1.165) is 158 Å². The molecule has 0 bridgehead atoms. The Kier molecular flexibility index (Phi) is 11.6. The average molecular weight is 901 g/mol. The molecule has 0 saturated carbocycles. The molecule has 68 heavy (non-hydrogen) atoms. The summed E-state index contributed by atoms with van der Waals surface area (Å²) < 4.78 is 0. The molecule has 8 aromatic rings. The number of nitrogens with one attached hydrogen (secondary N) is 2. The lowest BCUT2D eigenvalue weighted by atomic mass is 9.97. The highest BCUT2D eigenvalue weighted by Gasteiger charge is 2.40. The summed E-state index contributed by atoms with van der Waals surface area (Å²) in [5.74, 6) is 2.13. The van der Waals surface area contributed by atoms with Gasteiger partial charge < -0.3 is 19.8 Å². The van der Waals surface area contributed by atoms with Crippen LogP contribution in [-0.2, 0) is 9.59 Å². The quantitative estimate of drug-likeness (QED) is 0.142. The fourth-order valence-corrected chi connectivity index (χ4v) is 11.9. The Labute approximate surface area is 398 Å². The van der Waals surface area contributed by atoms with E-state index in [2.05, 4.69) is 151 Å². The highest BCUT2D eigenvalue weighted by Crippen LogP contribution is 2.39. The molecular weight excluding hydrogens is 841 g/mol. The third-order valence-electron chi connectivity index (χ3n) is 15.4. The zero-order valence-electron chi connectivity index (χ0n) is 38.8.